The van der Waals surface area contributed by atoms with Crippen LogP contribution in [0.3, 0.4) is 0 Å². The molecule has 6 heteroatoms. The van der Waals surface area contributed by atoms with Gasteiger partial charge in [-0.2, -0.15) is 4.98 Å². The molecule has 0 atom stereocenters. The van der Waals surface area contributed by atoms with Crippen molar-refractivity contribution >= 4 is 40.7 Å². The summed E-state index contributed by atoms with van der Waals surface area (Å²) in [5, 5.41) is 4.18. The van der Waals surface area contributed by atoms with Crippen molar-refractivity contribution in [3.63, 3.8) is 0 Å². The molecule has 0 unspecified atom stereocenters. The highest BCUT2D eigenvalue weighted by Crippen LogP contribution is 2.26. The van der Waals surface area contributed by atoms with E-state index in [0.29, 0.717) is 16.0 Å². The first-order chi connectivity index (χ1) is 9.72. The van der Waals surface area contributed by atoms with E-state index in [1.54, 1.807) is 18.3 Å². The Bertz CT molecular complexity index is 612. The maximum atomic E-state index is 5.99. The molecule has 0 saturated carbocycles. The summed E-state index contributed by atoms with van der Waals surface area (Å²) in [6.07, 6.45) is 4.21. The van der Waals surface area contributed by atoms with Crippen molar-refractivity contribution < 1.29 is 0 Å². The molecule has 1 aliphatic rings. The van der Waals surface area contributed by atoms with Crippen LogP contribution in [0.1, 0.15) is 12.8 Å². The minimum atomic E-state index is 0.507. The Hall–Kier alpha value is -1.52. The van der Waals surface area contributed by atoms with E-state index < -0.39 is 0 Å². The standard InChI is InChI=1S/C14H14Cl2N4/c15-11-4-3-10(9-12(11)16)18-14-17-6-5-13(19-14)20-7-1-2-8-20/h3-6,9H,1-2,7-8H2,(H,17,18,19). The van der Waals surface area contributed by atoms with Gasteiger partial charge >= 0.3 is 0 Å². The van der Waals surface area contributed by atoms with Gasteiger partial charge in [-0.15, -0.1) is 0 Å². The van der Waals surface area contributed by atoms with Crippen LogP contribution in [0.25, 0.3) is 0 Å². The van der Waals surface area contributed by atoms with Crippen LogP contribution >= 0.6 is 23.2 Å². The zero-order valence-electron chi connectivity index (χ0n) is 10.8. The first-order valence-electron chi connectivity index (χ1n) is 6.52. The van der Waals surface area contributed by atoms with Crippen molar-refractivity contribution in [2.75, 3.05) is 23.3 Å². The van der Waals surface area contributed by atoms with Gasteiger partial charge in [0.15, 0.2) is 0 Å². The topological polar surface area (TPSA) is 41.1 Å². The number of halogens is 2. The minimum Gasteiger partial charge on any atom is -0.356 e. The summed E-state index contributed by atoms with van der Waals surface area (Å²) in [4.78, 5) is 11.0. The summed E-state index contributed by atoms with van der Waals surface area (Å²) in [5.74, 6) is 1.52. The van der Waals surface area contributed by atoms with E-state index >= 15 is 0 Å². The van der Waals surface area contributed by atoms with Gasteiger partial charge in [0.2, 0.25) is 5.95 Å². The van der Waals surface area contributed by atoms with E-state index in [2.05, 4.69) is 20.2 Å². The van der Waals surface area contributed by atoms with Gasteiger partial charge in [-0.3, -0.25) is 0 Å². The van der Waals surface area contributed by atoms with Crippen LogP contribution in [0.2, 0.25) is 10.0 Å². The summed E-state index contributed by atoms with van der Waals surface area (Å²) in [5.41, 5.74) is 0.818. The Kier molecular flexibility index (Phi) is 3.94. The Labute approximate surface area is 127 Å². The van der Waals surface area contributed by atoms with E-state index in [-0.39, 0.29) is 0 Å². The predicted molar refractivity (Wildman–Crippen MR) is 83.2 cm³/mol. The Balaban J connectivity index is 1.79. The summed E-state index contributed by atoms with van der Waals surface area (Å²) >= 11 is 11.9. The average molecular weight is 309 g/mol. The Morgan fingerprint density at radius 3 is 2.60 bits per heavy atom. The second-order valence-electron chi connectivity index (χ2n) is 4.69. The lowest BCUT2D eigenvalue weighted by Crippen LogP contribution is -2.19. The molecule has 1 aromatic heterocycles. The third-order valence-electron chi connectivity index (χ3n) is 3.25. The summed E-state index contributed by atoms with van der Waals surface area (Å²) in [6, 6.07) is 7.29. The molecule has 1 saturated heterocycles. The summed E-state index contributed by atoms with van der Waals surface area (Å²) in [6.45, 7) is 2.12. The van der Waals surface area contributed by atoms with Crippen molar-refractivity contribution in [2.45, 2.75) is 12.8 Å². The van der Waals surface area contributed by atoms with Crippen molar-refractivity contribution in [1.82, 2.24) is 9.97 Å². The first kappa shape index (κ1) is 13.5. The van der Waals surface area contributed by atoms with Gasteiger partial charge in [-0.25, -0.2) is 4.98 Å². The highest BCUT2D eigenvalue weighted by molar-refractivity contribution is 6.42. The molecule has 4 nitrogen and oxygen atoms in total. The fourth-order valence-corrected chi connectivity index (χ4v) is 2.53. The molecular formula is C14H14Cl2N4. The second kappa shape index (κ2) is 5.85. The van der Waals surface area contributed by atoms with Crippen LogP contribution in [0.4, 0.5) is 17.5 Å². The van der Waals surface area contributed by atoms with Gasteiger partial charge in [0.05, 0.1) is 10.0 Å². The third-order valence-corrected chi connectivity index (χ3v) is 3.99. The van der Waals surface area contributed by atoms with E-state index in [0.717, 1.165) is 24.6 Å². The van der Waals surface area contributed by atoms with Crippen molar-refractivity contribution in [2.24, 2.45) is 0 Å². The predicted octanol–water partition coefficient (Wildman–Crippen LogP) is 4.13. The number of benzene rings is 1. The molecule has 1 N–H and O–H groups in total. The van der Waals surface area contributed by atoms with Crippen LogP contribution < -0.4 is 10.2 Å². The smallest absolute Gasteiger partial charge is 0.229 e. The van der Waals surface area contributed by atoms with E-state index in [4.69, 9.17) is 23.2 Å². The molecule has 0 amide bonds. The van der Waals surface area contributed by atoms with Crippen molar-refractivity contribution in [3.05, 3.63) is 40.5 Å². The molecule has 3 rings (SSSR count). The molecule has 0 bridgehead atoms. The van der Waals surface area contributed by atoms with Crippen LogP contribution in [0, 0.1) is 0 Å². The summed E-state index contributed by atoms with van der Waals surface area (Å²) in [7, 11) is 0. The van der Waals surface area contributed by atoms with Gasteiger partial charge in [0.25, 0.3) is 0 Å². The number of hydrogen-bond acceptors (Lipinski definition) is 4. The molecule has 1 aliphatic heterocycles. The number of anilines is 3. The quantitative estimate of drug-likeness (QED) is 0.925. The zero-order valence-corrected chi connectivity index (χ0v) is 12.3. The Morgan fingerprint density at radius 2 is 1.85 bits per heavy atom. The van der Waals surface area contributed by atoms with Crippen LogP contribution in [-0.2, 0) is 0 Å². The van der Waals surface area contributed by atoms with Gasteiger partial charge < -0.3 is 10.2 Å². The molecule has 2 heterocycles. The van der Waals surface area contributed by atoms with E-state index in [9.17, 15) is 0 Å². The number of rotatable bonds is 3. The molecule has 0 aliphatic carbocycles. The maximum Gasteiger partial charge on any atom is 0.229 e. The minimum absolute atomic E-state index is 0.507. The van der Waals surface area contributed by atoms with Crippen LogP contribution in [-0.4, -0.2) is 23.1 Å². The first-order valence-corrected chi connectivity index (χ1v) is 7.28. The lowest BCUT2D eigenvalue weighted by atomic mass is 10.3. The molecule has 0 radical (unpaired) electrons. The number of nitrogens with zero attached hydrogens (tertiary/aromatic N) is 3. The normalized spacial score (nSPS) is 14.6. The second-order valence-corrected chi connectivity index (χ2v) is 5.50. The van der Waals surface area contributed by atoms with E-state index in [1.807, 2.05) is 12.1 Å². The monoisotopic (exact) mass is 308 g/mol. The fraction of sp³-hybridized carbons (Fsp3) is 0.286. The molecular weight excluding hydrogens is 295 g/mol. The zero-order chi connectivity index (χ0) is 13.9. The highest BCUT2D eigenvalue weighted by Gasteiger charge is 2.14. The van der Waals surface area contributed by atoms with Crippen molar-refractivity contribution in [1.29, 1.82) is 0 Å². The van der Waals surface area contributed by atoms with E-state index in [1.165, 1.54) is 12.8 Å². The van der Waals surface area contributed by atoms with Crippen LogP contribution in [0.5, 0.6) is 0 Å². The molecule has 104 valence electrons. The van der Waals surface area contributed by atoms with Crippen molar-refractivity contribution in [3.8, 4) is 0 Å². The molecule has 1 fully saturated rings. The molecule has 20 heavy (non-hydrogen) atoms. The largest absolute Gasteiger partial charge is 0.356 e. The lowest BCUT2D eigenvalue weighted by Gasteiger charge is -2.16. The SMILES string of the molecule is Clc1ccc(Nc2nccc(N3CCCC3)n2)cc1Cl. The highest BCUT2D eigenvalue weighted by atomic mass is 35.5. The number of hydrogen-bond donors (Lipinski definition) is 1. The van der Waals surface area contributed by atoms with Gasteiger partial charge in [-0.1, -0.05) is 23.2 Å². The third kappa shape index (κ3) is 2.97. The summed E-state index contributed by atoms with van der Waals surface area (Å²) < 4.78 is 0. The molecule has 0 spiro atoms. The van der Waals surface area contributed by atoms with Gasteiger partial charge in [0.1, 0.15) is 5.82 Å². The van der Waals surface area contributed by atoms with Gasteiger partial charge in [0, 0.05) is 25.0 Å². The number of nitrogens with one attached hydrogen (secondary N) is 1. The Morgan fingerprint density at radius 1 is 1.05 bits per heavy atom. The fourth-order valence-electron chi connectivity index (χ4n) is 2.23. The number of aromatic nitrogens is 2. The molecule has 2 aromatic rings. The maximum absolute atomic E-state index is 5.99. The van der Waals surface area contributed by atoms with Crippen LogP contribution in [0.15, 0.2) is 30.5 Å². The lowest BCUT2D eigenvalue weighted by molar-refractivity contribution is 0.930. The van der Waals surface area contributed by atoms with Gasteiger partial charge in [-0.05, 0) is 37.1 Å². The average Bonchev–Trinajstić information content (AvgIpc) is 2.97. The molecule has 1 aromatic carbocycles.